The minimum Gasteiger partial charge on any atom is -0.322 e. The number of anilines is 2. The predicted molar refractivity (Wildman–Crippen MR) is 110 cm³/mol. The summed E-state index contributed by atoms with van der Waals surface area (Å²) in [5.74, 6) is -0.230. The molecule has 1 aliphatic heterocycles. The molecule has 0 aliphatic carbocycles. The summed E-state index contributed by atoms with van der Waals surface area (Å²) < 4.78 is 0. The molecule has 0 fully saturated rings. The highest BCUT2D eigenvalue weighted by Crippen LogP contribution is 2.40. The van der Waals surface area contributed by atoms with Crippen LogP contribution < -0.4 is 10.2 Å². The summed E-state index contributed by atoms with van der Waals surface area (Å²) in [6.07, 6.45) is 3.21. The zero-order chi connectivity index (χ0) is 19.0. The van der Waals surface area contributed by atoms with Crippen LogP contribution in [0.4, 0.5) is 11.4 Å². The molecule has 0 saturated carbocycles. The van der Waals surface area contributed by atoms with Crippen molar-refractivity contribution >= 4 is 51.6 Å². The summed E-state index contributed by atoms with van der Waals surface area (Å²) in [6.45, 7) is 2.56. The van der Waals surface area contributed by atoms with Crippen molar-refractivity contribution in [3.05, 3.63) is 76.8 Å². The summed E-state index contributed by atoms with van der Waals surface area (Å²) in [4.78, 5) is 26.7. The number of nitrogens with zero attached hydrogens (tertiary/aromatic N) is 1. The smallest absolute Gasteiger partial charge is 0.258 e. The number of hydrogen-bond donors (Lipinski definition) is 1. The lowest BCUT2D eigenvalue weighted by molar-refractivity contribution is -0.111. The Bertz CT molecular complexity index is 1090. The van der Waals surface area contributed by atoms with E-state index in [0.29, 0.717) is 22.8 Å². The van der Waals surface area contributed by atoms with E-state index < -0.39 is 0 Å². The molecule has 27 heavy (non-hydrogen) atoms. The van der Waals surface area contributed by atoms with Crippen LogP contribution in [0.2, 0.25) is 5.02 Å². The number of hydrogen-bond acceptors (Lipinski definition) is 2. The molecule has 1 N–H and O–H groups in total. The minimum absolute atomic E-state index is 0.00390. The number of benzene rings is 3. The maximum absolute atomic E-state index is 12.5. The van der Waals surface area contributed by atoms with E-state index in [2.05, 4.69) is 5.32 Å². The van der Waals surface area contributed by atoms with Crippen molar-refractivity contribution in [2.24, 2.45) is 0 Å². The molecular formula is C22H17ClN2O2. The van der Waals surface area contributed by atoms with Crippen LogP contribution in [0, 0.1) is 0 Å². The van der Waals surface area contributed by atoms with Crippen LogP contribution in [0.1, 0.15) is 22.8 Å². The Morgan fingerprint density at radius 2 is 1.89 bits per heavy atom. The third-order valence-corrected chi connectivity index (χ3v) is 4.91. The second-order valence-corrected chi connectivity index (χ2v) is 6.72. The second-order valence-electron chi connectivity index (χ2n) is 6.28. The fraction of sp³-hybridized carbons (Fsp3) is 0.0909. The standard InChI is InChI=1S/C22H17ClN2O2/c1-2-25-19-12-11-18(16-4-3-5-17(21(16)19)22(25)27)24-20(26)13-8-14-6-9-15(23)10-7-14/h3-13H,2H2,1H3,(H,24,26). The highest BCUT2D eigenvalue weighted by molar-refractivity contribution is 6.30. The van der Waals surface area contributed by atoms with E-state index in [4.69, 9.17) is 11.6 Å². The largest absolute Gasteiger partial charge is 0.322 e. The van der Waals surface area contributed by atoms with E-state index in [1.165, 1.54) is 6.08 Å². The molecule has 0 unspecified atom stereocenters. The topological polar surface area (TPSA) is 49.4 Å². The van der Waals surface area contributed by atoms with Crippen LogP contribution in [0.3, 0.4) is 0 Å². The quantitative estimate of drug-likeness (QED) is 0.642. The molecular weight excluding hydrogens is 360 g/mol. The molecule has 5 heteroatoms. The molecule has 0 atom stereocenters. The summed E-state index contributed by atoms with van der Waals surface area (Å²) >= 11 is 5.87. The Labute approximate surface area is 162 Å². The van der Waals surface area contributed by atoms with E-state index in [-0.39, 0.29) is 11.8 Å². The first-order valence-corrected chi connectivity index (χ1v) is 9.08. The van der Waals surface area contributed by atoms with E-state index in [9.17, 15) is 9.59 Å². The van der Waals surface area contributed by atoms with E-state index in [1.807, 2.05) is 49.4 Å². The van der Waals surface area contributed by atoms with Gasteiger partial charge >= 0.3 is 0 Å². The van der Waals surface area contributed by atoms with Crippen LogP contribution in [0.25, 0.3) is 16.8 Å². The molecule has 0 aromatic heterocycles. The summed E-state index contributed by atoms with van der Waals surface area (Å²) in [5.41, 5.74) is 3.14. The van der Waals surface area contributed by atoms with E-state index in [0.717, 1.165) is 22.0 Å². The first-order valence-electron chi connectivity index (χ1n) is 8.70. The van der Waals surface area contributed by atoms with Crippen molar-refractivity contribution in [1.29, 1.82) is 0 Å². The first kappa shape index (κ1) is 17.3. The van der Waals surface area contributed by atoms with Gasteiger partial charge in [-0.2, -0.15) is 0 Å². The Kier molecular flexibility index (Phi) is 4.42. The summed E-state index contributed by atoms with van der Waals surface area (Å²) in [5, 5.41) is 5.32. The van der Waals surface area contributed by atoms with Crippen molar-refractivity contribution in [3.8, 4) is 0 Å². The summed E-state index contributed by atoms with van der Waals surface area (Å²) in [7, 11) is 0. The van der Waals surface area contributed by atoms with Gasteiger partial charge in [-0.3, -0.25) is 9.59 Å². The second kappa shape index (κ2) is 6.89. The zero-order valence-electron chi connectivity index (χ0n) is 14.7. The molecule has 0 bridgehead atoms. The first-order chi connectivity index (χ1) is 13.1. The van der Waals surface area contributed by atoms with Gasteiger partial charge < -0.3 is 10.2 Å². The van der Waals surface area contributed by atoms with Crippen LogP contribution in [0.15, 0.2) is 60.7 Å². The van der Waals surface area contributed by atoms with Crippen LogP contribution in [-0.4, -0.2) is 18.4 Å². The fourth-order valence-electron chi connectivity index (χ4n) is 3.39. The Balaban J connectivity index is 1.64. The number of amides is 2. The highest BCUT2D eigenvalue weighted by Gasteiger charge is 2.29. The maximum Gasteiger partial charge on any atom is 0.258 e. The van der Waals surface area contributed by atoms with Gasteiger partial charge in [0, 0.05) is 39.7 Å². The zero-order valence-corrected chi connectivity index (χ0v) is 15.5. The molecule has 0 radical (unpaired) electrons. The number of carbonyl (C=O) groups is 2. The maximum atomic E-state index is 12.5. The van der Waals surface area contributed by atoms with Crippen molar-refractivity contribution in [3.63, 3.8) is 0 Å². The minimum atomic E-state index is -0.234. The fourth-order valence-corrected chi connectivity index (χ4v) is 3.52. The lowest BCUT2D eigenvalue weighted by Gasteiger charge is -2.15. The Morgan fingerprint density at radius 3 is 2.63 bits per heavy atom. The highest BCUT2D eigenvalue weighted by atomic mass is 35.5. The molecule has 0 saturated heterocycles. The molecule has 0 spiro atoms. The normalized spacial score (nSPS) is 13.0. The molecule has 4 rings (SSSR count). The molecule has 3 aromatic carbocycles. The van der Waals surface area contributed by atoms with Gasteiger partial charge in [-0.1, -0.05) is 35.9 Å². The van der Waals surface area contributed by atoms with Gasteiger partial charge in [0.05, 0.1) is 5.69 Å². The number of nitrogens with one attached hydrogen (secondary N) is 1. The van der Waals surface area contributed by atoms with E-state index >= 15 is 0 Å². The van der Waals surface area contributed by atoms with Crippen molar-refractivity contribution in [1.82, 2.24) is 0 Å². The molecule has 1 heterocycles. The van der Waals surface area contributed by atoms with Crippen LogP contribution in [0.5, 0.6) is 0 Å². The molecule has 2 amide bonds. The lowest BCUT2D eigenvalue weighted by atomic mass is 10.0. The third-order valence-electron chi connectivity index (χ3n) is 4.66. The van der Waals surface area contributed by atoms with Gasteiger partial charge in [0.25, 0.3) is 5.91 Å². The van der Waals surface area contributed by atoms with E-state index in [1.54, 1.807) is 23.1 Å². The van der Waals surface area contributed by atoms with Gasteiger partial charge in [-0.25, -0.2) is 0 Å². The molecule has 134 valence electrons. The van der Waals surface area contributed by atoms with Crippen molar-refractivity contribution in [2.75, 3.05) is 16.8 Å². The Hall–Kier alpha value is -3.11. The van der Waals surface area contributed by atoms with Gasteiger partial charge in [0.1, 0.15) is 0 Å². The third kappa shape index (κ3) is 3.09. The predicted octanol–water partition coefficient (Wildman–Crippen LogP) is 5.13. The average molecular weight is 377 g/mol. The van der Waals surface area contributed by atoms with Gasteiger partial charge in [-0.05, 0) is 48.9 Å². The molecule has 3 aromatic rings. The van der Waals surface area contributed by atoms with Gasteiger partial charge in [0.15, 0.2) is 0 Å². The SMILES string of the molecule is CCN1C(=O)c2cccc3c(NC(=O)C=Cc4ccc(Cl)cc4)ccc1c23. The van der Waals surface area contributed by atoms with Gasteiger partial charge in [-0.15, -0.1) is 0 Å². The number of carbonyl (C=O) groups excluding carboxylic acids is 2. The molecule has 1 aliphatic rings. The summed E-state index contributed by atoms with van der Waals surface area (Å²) in [6, 6.07) is 16.6. The average Bonchev–Trinajstić information content (AvgIpc) is 2.96. The number of rotatable bonds is 4. The van der Waals surface area contributed by atoms with Crippen LogP contribution in [-0.2, 0) is 4.79 Å². The number of halogens is 1. The Morgan fingerprint density at radius 1 is 1.11 bits per heavy atom. The molecule has 4 nitrogen and oxygen atoms in total. The lowest BCUT2D eigenvalue weighted by Crippen LogP contribution is -2.25. The van der Waals surface area contributed by atoms with Crippen molar-refractivity contribution < 1.29 is 9.59 Å². The monoisotopic (exact) mass is 376 g/mol. The van der Waals surface area contributed by atoms with Crippen LogP contribution >= 0.6 is 11.6 Å². The van der Waals surface area contributed by atoms with Gasteiger partial charge in [0.2, 0.25) is 5.91 Å². The van der Waals surface area contributed by atoms with Crippen molar-refractivity contribution in [2.45, 2.75) is 6.92 Å².